The summed E-state index contributed by atoms with van der Waals surface area (Å²) in [7, 11) is 1.52. The summed E-state index contributed by atoms with van der Waals surface area (Å²) in [5.41, 5.74) is 1.75. The molecule has 0 aliphatic rings. The van der Waals surface area contributed by atoms with Crippen molar-refractivity contribution in [1.82, 2.24) is 19.7 Å². The quantitative estimate of drug-likeness (QED) is 0.302. The van der Waals surface area contributed by atoms with E-state index in [9.17, 15) is 8.78 Å². The molecule has 0 saturated carbocycles. The maximum atomic E-state index is 14.7. The standard InChI is InChI=1S/C22H19ClF2N4O2/c1-13-9-20(23)27-22(26-13)21-15-5-3-4-6-19(15)29(28-21)12-16-17(24)10-14(11-18(16)25)31-8-7-30-2/h3-6,9-11H,7-8,12H2,1-2H3. The molecular formula is C22H19ClF2N4O2. The van der Waals surface area contributed by atoms with E-state index in [-0.39, 0.29) is 24.5 Å². The SMILES string of the molecule is COCCOc1cc(F)c(Cn2nc(-c3nc(C)cc(Cl)n3)c3ccccc32)c(F)c1. The van der Waals surface area contributed by atoms with E-state index in [0.29, 0.717) is 34.5 Å². The molecule has 9 heteroatoms. The number of benzene rings is 2. The molecule has 6 nitrogen and oxygen atoms in total. The number of aryl methyl sites for hydroxylation is 1. The van der Waals surface area contributed by atoms with Gasteiger partial charge in [-0.15, -0.1) is 0 Å². The largest absolute Gasteiger partial charge is 0.491 e. The Morgan fingerprint density at radius 3 is 2.48 bits per heavy atom. The molecule has 0 unspecified atom stereocenters. The summed E-state index contributed by atoms with van der Waals surface area (Å²) in [6.07, 6.45) is 0. The van der Waals surface area contributed by atoms with Gasteiger partial charge in [-0.2, -0.15) is 5.10 Å². The summed E-state index contributed by atoms with van der Waals surface area (Å²) in [5.74, 6) is -0.987. The Labute approximate surface area is 182 Å². The summed E-state index contributed by atoms with van der Waals surface area (Å²) in [6.45, 7) is 2.20. The molecule has 0 N–H and O–H groups in total. The van der Waals surface area contributed by atoms with E-state index in [0.717, 1.165) is 17.5 Å². The first kappa shape index (κ1) is 21.1. The van der Waals surface area contributed by atoms with Crippen LogP contribution in [0.2, 0.25) is 5.15 Å². The zero-order chi connectivity index (χ0) is 22.0. The summed E-state index contributed by atoms with van der Waals surface area (Å²) in [6, 6.07) is 11.3. The van der Waals surface area contributed by atoms with Crippen LogP contribution in [-0.2, 0) is 11.3 Å². The highest BCUT2D eigenvalue weighted by atomic mass is 35.5. The van der Waals surface area contributed by atoms with E-state index in [1.165, 1.54) is 11.8 Å². The van der Waals surface area contributed by atoms with E-state index >= 15 is 0 Å². The fourth-order valence-corrected chi connectivity index (χ4v) is 3.49. The van der Waals surface area contributed by atoms with Gasteiger partial charge >= 0.3 is 0 Å². The number of halogens is 3. The molecule has 31 heavy (non-hydrogen) atoms. The molecule has 0 atom stereocenters. The molecule has 2 aromatic heterocycles. The predicted octanol–water partition coefficient (Wildman–Crippen LogP) is 4.81. The zero-order valence-electron chi connectivity index (χ0n) is 16.9. The second-order valence-electron chi connectivity index (χ2n) is 6.89. The molecule has 4 aromatic rings. The van der Waals surface area contributed by atoms with Crippen LogP contribution in [0.15, 0.2) is 42.5 Å². The average molecular weight is 445 g/mol. The molecule has 2 aromatic carbocycles. The third-order valence-electron chi connectivity index (χ3n) is 4.67. The number of methoxy groups -OCH3 is 1. The average Bonchev–Trinajstić information content (AvgIpc) is 3.09. The Morgan fingerprint density at radius 2 is 1.77 bits per heavy atom. The maximum absolute atomic E-state index is 14.7. The molecular weight excluding hydrogens is 426 g/mol. The monoisotopic (exact) mass is 444 g/mol. The molecule has 160 valence electrons. The van der Waals surface area contributed by atoms with E-state index in [1.807, 2.05) is 24.3 Å². The van der Waals surface area contributed by atoms with Crippen LogP contribution < -0.4 is 4.74 Å². The number of hydrogen-bond donors (Lipinski definition) is 0. The molecule has 0 aliphatic carbocycles. The number of ether oxygens (including phenoxy) is 2. The van der Waals surface area contributed by atoms with Gasteiger partial charge in [0.2, 0.25) is 0 Å². The molecule has 0 fully saturated rings. The highest BCUT2D eigenvalue weighted by Gasteiger charge is 2.19. The first-order valence-electron chi connectivity index (χ1n) is 9.53. The normalized spacial score (nSPS) is 11.3. The minimum Gasteiger partial charge on any atom is -0.491 e. The molecule has 0 saturated heterocycles. The lowest BCUT2D eigenvalue weighted by atomic mass is 10.1. The molecule has 0 aliphatic heterocycles. The Bertz CT molecular complexity index is 1200. The van der Waals surface area contributed by atoms with Crippen LogP contribution in [0.25, 0.3) is 22.4 Å². The van der Waals surface area contributed by atoms with Crippen molar-refractivity contribution in [3.63, 3.8) is 0 Å². The Kier molecular flexibility index (Phi) is 6.11. The van der Waals surface area contributed by atoms with Crippen LogP contribution in [-0.4, -0.2) is 40.1 Å². The van der Waals surface area contributed by atoms with Gasteiger partial charge in [0.1, 0.15) is 34.8 Å². The van der Waals surface area contributed by atoms with Gasteiger partial charge in [-0.3, -0.25) is 4.68 Å². The van der Waals surface area contributed by atoms with Crippen LogP contribution in [0.5, 0.6) is 5.75 Å². The van der Waals surface area contributed by atoms with Gasteiger partial charge in [0.05, 0.1) is 18.7 Å². The highest BCUT2D eigenvalue weighted by Crippen LogP contribution is 2.29. The van der Waals surface area contributed by atoms with E-state index in [1.54, 1.807) is 13.0 Å². The molecule has 0 bridgehead atoms. The predicted molar refractivity (Wildman–Crippen MR) is 113 cm³/mol. The van der Waals surface area contributed by atoms with Gasteiger partial charge in [-0.1, -0.05) is 29.8 Å². The molecule has 4 rings (SSSR count). The third kappa shape index (κ3) is 4.50. The first-order valence-corrected chi connectivity index (χ1v) is 9.91. The fourth-order valence-electron chi connectivity index (χ4n) is 3.26. The minimum atomic E-state index is -0.719. The Morgan fingerprint density at radius 1 is 1.03 bits per heavy atom. The number of fused-ring (bicyclic) bond motifs is 1. The van der Waals surface area contributed by atoms with Gasteiger partial charge in [0.25, 0.3) is 0 Å². The van der Waals surface area contributed by atoms with Gasteiger partial charge in [0, 0.05) is 35.9 Å². The Balaban J connectivity index is 1.73. The lowest BCUT2D eigenvalue weighted by molar-refractivity contribution is 0.146. The van der Waals surface area contributed by atoms with E-state index in [4.69, 9.17) is 21.1 Å². The molecule has 2 heterocycles. The topological polar surface area (TPSA) is 62.1 Å². The van der Waals surface area contributed by atoms with Gasteiger partial charge in [0.15, 0.2) is 5.82 Å². The number of hydrogen-bond acceptors (Lipinski definition) is 5. The van der Waals surface area contributed by atoms with Gasteiger partial charge in [-0.05, 0) is 19.1 Å². The van der Waals surface area contributed by atoms with Crippen LogP contribution in [0.3, 0.4) is 0 Å². The maximum Gasteiger partial charge on any atom is 0.182 e. The van der Waals surface area contributed by atoms with E-state index < -0.39 is 11.6 Å². The lowest BCUT2D eigenvalue weighted by Gasteiger charge is -2.10. The smallest absolute Gasteiger partial charge is 0.182 e. The summed E-state index contributed by atoms with van der Waals surface area (Å²) < 4.78 is 41.1. The minimum absolute atomic E-state index is 0.101. The number of nitrogens with zero attached hydrogens (tertiary/aromatic N) is 4. The summed E-state index contributed by atoms with van der Waals surface area (Å²) >= 11 is 6.09. The van der Waals surface area contributed by atoms with Crippen molar-refractivity contribution in [1.29, 1.82) is 0 Å². The van der Waals surface area contributed by atoms with Gasteiger partial charge < -0.3 is 9.47 Å². The number of aromatic nitrogens is 4. The zero-order valence-corrected chi connectivity index (χ0v) is 17.7. The van der Waals surface area contributed by atoms with E-state index in [2.05, 4.69) is 15.1 Å². The van der Waals surface area contributed by atoms with Crippen molar-refractivity contribution < 1.29 is 18.3 Å². The highest BCUT2D eigenvalue weighted by molar-refractivity contribution is 6.29. The van der Waals surface area contributed by atoms with Crippen LogP contribution >= 0.6 is 11.6 Å². The van der Waals surface area contributed by atoms with Crippen LogP contribution in [0.1, 0.15) is 11.3 Å². The molecule has 0 radical (unpaired) electrons. The van der Waals surface area contributed by atoms with Crippen molar-refractivity contribution in [2.24, 2.45) is 0 Å². The van der Waals surface area contributed by atoms with Crippen molar-refractivity contribution in [2.45, 2.75) is 13.5 Å². The van der Waals surface area contributed by atoms with Crippen molar-refractivity contribution >= 4 is 22.5 Å². The van der Waals surface area contributed by atoms with Gasteiger partial charge in [-0.25, -0.2) is 18.7 Å². The van der Waals surface area contributed by atoms with Crippen molar-refractivity contribution in [2.75, 3.05) is 20.3 Å². The van der Waals surface area contributed by atoms with Crippen molar-refractivity contribution in [3.8, 4) is 17.3 Å². The summed E-state index contributed by atoms with van der Waals surface area (Å²) in [5, 5.41) is 5.60. The fraction of sp³-hybridized carbons (Fsp3) is 0.227. The summed E-state index contributed by atoms with van der Waals surface area (Å²) in [4.78, 5) is 8.67. The first-order chi connectivity index (χ1) is 15.0. The lowest BCUT2D eigenvalue weighted by Crippen LogP contribution is -2.09. The third-order valence-corrected chi connectivity index (χ3v) is 4.86. The molecule has 0 spiro atoms. The number of para-hydroxylation sites is 1. The number of rotatable bonds is 7. The molecule has 0 amide bonds. The van der Waals surface area contributed by atoms with Crippen LogP contribution in [0, 0.1) is 18.6 Å². The second kappa shape index (κ2) is 8.95. The second-order valence-corrected chi connectivity index (χ2v) is 7.27. The van der Waals surface area contributed by atoms with Crippen LogP contribution in [0.4, 0.5) is 8.78 Å². The Hall–Kier alpha value is -3.10. The van der Waals surface area contributed by atoms with Crippen molar-refractivity contribution in [3.05, 3.63) is 70.5 Å².